The SMILES string of the molecule is CCNC(=O)c1ccc(NC(=O)COc2ccc(OC)cc2)cc1. The molecule has 6 heteroatoms. The highest BCUT2D eigenvalue weighted by molar-refractivity contribution is 5.96. The van der Waals surface area contributed by atoms with Gasteiger partial charge in [0.15, 0.2) is 6.61 Å². The van der Waals surface area contributed by atoms with E-state index in [9.17, 15) is 9.59 Å². The second-order valence-corrected chi connectivity index (χ2v) is 4.95. The Morgan fingerprint density at radius 1 is 0.958 bits per heavy atom. The van der Waals surface area contributed by atoms with Crippen LogP contribution in [0, 0.1) is 0 Å². The smallest absolute Gasteiger partial charge is 0.262 e. The number of methoxy groups -OCH3 is 1. The summed E-state index contributed by atoms with van der Waals surface area (Å²) < 4.78 is 10.5. The Morgan fingerprint density at radius 3 is 2.17 bits per heavy atom. The average molecular weight is 328 g/mol. The predicted octanol–water partition coefficient (Wildman–Crippen LogP) is 2.46. The Labute approximate surface area is 140 Å². The number of rotatable bonds is 7. The first kappa shape index (κ1) is 17.3. The Bertz CT molecular complexity index is 681. The van der Waals surface area contributed by atoms with Crippen LogP contribution in [0.4, 0.5) is 5.69 Å². The van der Waals surface area contributed by atoms with E-state index in [1.54, 1.807) is 55.6 Å². The molecule has 0 atom stereocenters. The number of ether oxygens (including phenoxy) is 2. The van der Waals surface area contributed by atoms with E-state index >= 15 is 0 Å². The van der Waals surface area contributed by atoms with Crippen LogP contribution >= 0.6 is 0 Å². The Kier molecular flexibility index (Phi) is 6.19. The van der Waals surface area contributed by atoms with Gasteiger partial charge in [-0.25, -0.2) is 0 Å². The van der Waals surface area contributed by atoms with Crippen LogP contribution < -0.4 is 20.1 Å². The highest BCUT2D eigenvalue weighted by atomic mass is 16.5. The van der Waals surface area contributed by atoms with Crippen LogP contribution in [0.2, 0.25) is 0 Å². The largest absolute Gasteiger partial charge is 0.497 e. The van der Waals surface area contributed by atoms with Crippen molar-refractivity contribution >= 4 is 17.5 Å². The third-order valence-electron chi connectivity index (χ3n) is 3.20. The van der Waals surface area contributed by atoms with Crippen molar-refractivity contribution in [1.82, 2.24) is 5.32 Å². The fourth-order valence-electron chi connectivity index (χ4n) is 1.99. The number of benzene rings is 2. The van der Waals surface area contributed by atoms with Crippen molar-refractivity contribution in [2.24, 2.45) is 0 Å². The average Bonchev–Trinajstić information content (AvgIpc) is 2.61. The molecule has 2 aromatic rings. The lowest BCUT2D eigenvalue weighted by Gasteiger charge is -2.09. The van der Waals surface area contributed by atoms with Crippen molar-refractivity contribution in [3.8, 4) is 11.5 Å². The van der Waals surface area contributed by atoms with Crippen molar-refractivity contribution < 1.29 is 19.1 Å². The molecule has 0 bridgehead atoms. The Hall–Kier alpha value is -3.02. The standard InChI is InChI=1S/C18H20N2O4/c1-3-19-18(22)13-4-6-14(7-5-13)20-17(21)12-24-16-10-8-15(23-2)9-11-16/h4-11H,3,12H2,1-2H3,(H,19,22)(H,20,21). The Morgan fingerprint density at radius 2 is 1.58 bits per heavy atom. The van der Waals surface area contributed by atoms with Gasteiger partial charge in [-0.1, -0.05) is 0 Å². The molecule has 2 rings (SSSR count). The summed E-state index contributed by atoms with van der Waals surface area (Å²) in [5, 5.41) is 5.43. The van der Waals surface area contributed by atoms with E-state index in [4.69, 9.17) is 9.47 Å². The second kappa shape index (κ2) is 8.57. The van der Waals surface area contributed by atoms with E-state index in [2.05, 4.69) is 10.6 Å². The van der Waals surface area contributed by atoms with Gasteiger partial charge in [-0.15, -0.1) is 0 Å². The van der Waals surface area contributed by atoms with Crippen molar-refractivity contribution in [2.45, 2.75) is 6.92 Å². The van der Waals surface area contributed by atoms with Crippen LogP contribution in [-0.4, -0.2) is 32.1 Å². The summed E-state index contributed by atoms with van der Waals surface area (Å²) in [6, 6.07) is 13.6. The maximum atomic E-state index is 11.9. The van der Waals surface area contributed by atoms with E-state index < -0.39 is 0 Å². The summed E-state index contributed by atoms with van der Waals surface area (Å²) in [7, 11) is 1.58. The van der Waals surface area contributed by atoms with Gasteiger partial charge in [-0.3, -0.25) is 9.59 Å². The molecule has 0 saturated heterocycles. The molecule has 2 N–H and O–H groups in total. The lowest BCUT2D eigenvalue weighted by atomic mass is 10.2. The normalized spacial score (nSPS) is 9.92. The first-order chi connectivity index (χ1) is 11.6. The van der Waals surface area contributed by atoms with E-state index in [1.807, 2.05) is 6.92 Å². The van der Waals surface area contributed by atoms with Crippen LogP contribution in [-0.2, 0) is 4.79 Å². The minimum absolute atomic E-state index is 0.107. The molecule has 6 nitrogen and oxygen atoms in total. The third-order valence-corrected chi connectivity index (χ3v) is 3.20. The number of anilines is 1. The maximum Gasteiger partial charge on any atom is 0.262 e. The van der Waals surface area contributed by atoms with Gasteiger partial charge in [0.25, 0.3) is 11.8 Å². The van der Waals surface area contributed by atoms with Gasteiger partial charge in [0.05, 0.1) is 7.11 Å². The van der Waals surface area contributed by atoms with E-state index in [0.29, 0.717) is 23.5 Å². The van der Waals surface area contributed by atoms with Gasteiger partial charge in [-0.2, -0.15) is 0 Å². The van der Waals surface area contributed by atoms with Crippen LogP contribution in [0.25, 0.3) is 0 Å². The lowest BCUT2D eigenvalue weighted by Crippen LogP contribution is -2.23. The fourth-order valence-corrected chi connectivity index (χ4v) is 1.99. The molecule has 0 saturated carbocycles. The molecule has 0 unspecified atom stereocenters. The fraction of sp³-hybridized carbons (Fsp3) is 0.222. The van der Waals surface area contributed by atoms with Gasteiger partial charge in [0.1, 0.15) is 11.5 Å². The quantitative estimate of drug-likeness (QED) is 0.818. The van der Waals surface area contributed by atoms with Crippen molar-refractivity contribution in [2.75, 3.05) is 25.6 Å². The van der Waals surface area contributed by atoms with Gasteiger partial charge in [0, 0.05) is 17.8 Å². The third kappa shape index (κ3) is 5.01. The highest BCUT2D eigenvalue weighted by Gasteiger charge is 2.06. The second-order valence-electron chi connectivity index (χ2n) is 4.95. The summed E-state index contributed by atoms with van der Waals surface area (Å²) >= 11 is 0. The lowest BCUT2D eigenvalue weighted by molar-refractivity contribution is -0.118. The topological polar surface area (TPSA) is 76.7 Å². The van der Waals surface area contributed by atoms with Crippen LogP contribution in [0.1, 0.15) is 17.3 Å². The number of carbonyl (C=O) groups is 2. The summed E-state index contributed by atoms with van der Waals surface area (Å²) in [6.07, 6.45) is 0. The molecule has 0 spiro atoms. The summed E-state index contributed by atoms with van der Waals surface area (Å²) in [4.78, 5) is 23.5. The van der Waals surface area contributed by atoms with Crippen molar-refractivity contribution in [3.05, 3.63) is 54.1 Å². The highest BCUT2D eigenvalue weighted by Crippen LogP contribution is 2.17. The first-order valence-corrected chi connectivity index (χ1v) is 7.57. The molecule has 2 aromatic carbocycles. The van der Waals surface area contributed by atoms with E-state index in [-0.39, 0.29) is 18.4 Å². The minimum Gasteiger partial charge on any atom is -0.497 e. The van der Waals surface area contributed by atoms with Crippen molar-refractivity contribution in [3.63, 3.8) is 0 Å². The molecule has 0 aliphatic carbocycles. The number of nitrogens with one attached hydrogen (secondary N) is 2. The molecule has 0 radical (unpaired) electrons. The van der Waals surface area contributed by atoms with Crippen molar-refractivity contribution in [1.29, 1.82) is 0 Å². The van der Waals surface area contributed by atoms with Crippen LogP contribution in [0.3, 0.4) is 0 Å². The number of amides is 2. The predicted molar refractivity (Wildman–Crippen MR) is 91.6 cm³/mol. The van der Waals surface area contributed by atoms with Gasteiger partial charge in [0.2, 0.25) is 0 Å². The van der Waals surface area contributed by atoms with E-state index in [1.165, 1.54) is 0 Å². The zero-order valence-electron chi connectivity index (χ0n) is 13.7. The zero-order chi connectivity index (χ0) is 17.4. The maximum absolute atomic E-state index is 11.9. The van der Waals surface area contributed by atoms with Crippen LogP contribution in [0.5, 0.6) is 11.5 Å². The molecular formula is C18H20N2O4. The summed E-state index contributed by atoms with van der Waals surface area (Å²) in [6.45, 7) is 2.32. The summed E-state index contributed by atoms with van der Waals surface area (Å²) in [5.41, 5.74) is 1.15. The molecule has 0 fully saturated rings. The molecule has 24 heavy (non-hydrogen) atoms. The van der Waals surface area contributed by atoms with Crippen LogP contribution in [0.15, 0.2) is 48.5 Å². The molecular weight excluding hydrogens is 308 g/mol. The molecule has 0 heterocycles. The monoisotopic (exact) mass is 328 g/mol. The van der Waals surface area contributed by atoms with Gasteiger partial charge < -0.3 is 20.1 Å². The Balaban J connectivity index is 1.84. The van der Waals surface area contributed by atoms with Gasteiger partial charge in [-0.05, 0) is 55.5 Å². The van der Waals surface area contributed by atoms with Gasteiger partial charge >= 0.3 is 0 Å². The molecule has 0 aromatic heterocycles. The first-order valence-electron chi connectivity index (χ1n) is 7.57. The molecule has 0 aliphatic rings. The molecule has 2 amide bonds. The summed E-state index contributed by atoms with van der Waals surface area (Å²) in [5.74, 6) is 0.881. The molecule has 126 valence electrons. The van der Waals surface area contributed by atoms with E-state index in [0.717, 1.165) is 5.75 Å². The number of hydrogen-bond acceptors (Lipinski definition) is 4. The minimum atomic E-state index is -0.281. The zero-order valence-corrected chi connectivity index (χ0v) is 13.7. The molecule has 0 aliphatic heterocycles. The number of hydrogen-bond donors (Lipinski definition) is 2. The number of carbonyl (C=O) groups excluding carboxylic acids is 2.